The van der Waals surface area contributed by atoms with E-state index in [1.54, 1.807) is 11.0 Å². The molecule has 1 heterocycles. The standard InChI is InChI=1S/C21H24N4O/c1-17-8-10-19(11-9-17)20(18-6-3-2-4-7-18)14-21(26)23-12-5-13-25-16-22-15-24-25/h2-4,6-11,15-16,20H,5,12-14H2,1H3,(H,23,26). The summed E-state index contributed by atoms with van der Waals surface area (Å²) < 4.78 is 1.77. The molecule has 3 aromatic rings. The quantitative estimate of drug-likeness (QED) is 0.635. The van der Waals surface area contributed by atoms with Crippen LogP contribution in [0, 0.1) is 6.92 Å². The van der Waals surface area contributed by atoms with Crippen molar-refractivity contribution in [3.63, 3.8) is 0 Å². The number of rotatable bonds is 8. The molecule has 1 unspecified atom stereocenters. The van der Waals surface area contributed by atoms with Crippen molar-refractivity contribution in [2.24, 2.45) is 0 Å². The number of amides is 1. The van der Waals surface area contributed by atoms with Gasteiger partial charge in [0.2, 0.25) is 5.91 Å². The molecule has 0 radical (unpaired) electrons. The second kappa shape index (κ2) is 8.94. The maximum atomic E-state index is 12.5. The van der Waals surface area contributed by atoms with Gasteiger partial charge in [-0.25, -0.2) is 4.98 Å². The molecule has 3 rings (SSSR count). The minimum Gasteiger partial charge on any atom is -0.356 e. The van der Waals surface area contributed by atoms with Crippen LogP contribution in [0.3, 0.4) is 0 Å². The first kappa shape index (κ1) is 17.9. The van der Waals surface area contributed by atoms with Gasteiger partial charge in [0.15, 0.2) is 0 Å². The second-order valence-electron chi connectivity index (χ2n) is 6.44. The minimum absolute atomic E-state index is 0.0621. The zero-order valence-corrected chi connectivity index (χ0v) is 15.0. The lowest BCUT2D eigenvalue weighted by atomic mass is 9.88. The Morgan fingerprint density at radius 1 is 1.08 bits per heavy atom. The van der Waals surface area contributed by atoms with Crippen molar-refractivity contribution in [1.82, 2.24) is 20.1 Å². The van der Waals surface area contributed by atoms with Crippen LogP contribution in [0.25, 0.3) is 0 Å². The second-order valence-corrected chi connectivity index (χ2v) is 6.44. The third-order valence-corrected chi connectivity index (χ3v) is 4.42. The molecule has 1 aromatic heterocycles. The van der Waals surface area contributed by atoms with Gasteiger partial charge in [-0.3, -0.25) is 9.48 Å². The molecule has 5 heteroatoms. The molecule has 0 bridgehead atoms. The Morgan fingerprint density at radius 2 is 1.81 bits per heavy atom. The van der Waals surface area contributed by atoms with Gasteiger partial charge in [0.25, 0.3) is 0 Å². The molecule has 0 spiro atoms. The van der Waals surface area contributed by atoms with Crippen molar-refractivity contribution in [1.29, 1.82) is 0 Å². The van der Waals surface area contributed by atoms with E-state index >= 15 is 0 Å². The van der Waals surface area contributed by atoms with Gasteiger partial charge in [-0.2, -0.15) is 5.10 Å². The van der Waals surface area contributed by atoms with Crippen molar-refractivity contribution in [3.05, 3.63) is 83.9 Å². The predicted octanol–water partition coefficient (Wildman–Crippen LogP) is 3.32. The van der Waals surface area contributed by atoms with Crippen LogP contribution < -0.4 is 5.32 Å². The molecule has 0 aliphatic rings. The number of nitrogens with one attached hydrogen (secondary N) is 1. The summed E-state index contributed by atoms with van der Waals surface area (Å²) in [5, 5.41) is 7.09. The highest BCUT2D eigenvalue weighted by Gasteiger charge is 2.17. The van der Waals surface area contributed by atoms with Gasteiger partial charge in [0.1, 0.15) is 12.7 Å². The maximum Gasteiger partial charge on any atom is 0.220 e. The first-order valence-corrected chi connectivity index (χ1v) is 8.93. The number of carbonyl (C=O) groups is 1. The topological polar surface area (TPSA) is 59.8 Å². The summed E-state index contributed by atoms with van der Waals surface area (Å²) >= 11 is 0. The minimum atomic E-state index is 0.0621. The van der Waals surface area contributed by atoms with Crippen LogP contribution in [0.4, 0.5) is 0 Å². The van der Waals surface area contributed by atoms with Crippen molar-refractivity contribution in [3.8, 4) is 0 Å². The highest BCUT2D eigenvalue weighted by atomic mass is 16.1. The molecule has 0 fully saturated rings. The molecule has 26 heavy (non-hydrogen) atoms. The summed E-state index contributed by atoms with van der Waals surface area (Å²) in [6, 6.07) is 18.6. The van der Waals surface area contributed by atoms with Gasteiger partial charge >= 0.3 is 0 Å². The Hall–Kier alpha value is -2.95. The molecule has 0 saturated carbocycles. The summed E-state index contributed by atoms with van der Waals surface area (Å²) in [6.45, 7) is 3.46. The van der Waals surface area contributed by atoms with Crippen molar-refractivity contribution < 1.29 is 4.79 Å². The van der Waals surface area contributed by atoms with E-state index in [2.05, 4.69) is 58.7 Å². The molecule has 2 aromatic carbocycles. The number of aryl methyl sites for hydroxylation is 2. The van der Waals surface area contributed by atoms with Crippen LogP contribution in [-0.2, 0) is 11.3 Å². The van der Waals surface area contributed by atoms with E-state index in [4.69, 9.17) is 0 Å². The monoisotopic (exact) mass is 348 g/mol. The van der Waals surface area contributed by atoms with E-state index in [1.807, 2.05) is 18.2 Å². The molecule has 1 amide bonds. The van der Waals surface area contributed by atoms with Crippen molar-refractivity contribution >= 4 is 5.91 Å². The number of carbonyl (C=O) groups excluding carboxylic acids is 1. The molecule has 0 aliphatic carbocycles. The fraction of sp³-hybridized carbons (Fsp3) is 0.286. The first-order chi connectivity index (χ1) is 12.7. The van der Waals surface area contributed by atoms with E-state index in [1.165, 1.54) is 17.5 Å². The molecular weight excluding hydrogens is 324 g/mol. The smallest absolute Gasteiger partial charge is 0.220 e. The van der Waals surface area contributed by atoms with Crippen LogP contribution in [0.15, 0.2) is 67.3 Å². The molecular formula is C21H24N4O. The first-order valence-electron chi connectivity index (χ1n) is 8.93. The van der Waals surface area contributed by atoms with E-state index in [0.717, 1.165) is 18.5 Å². The number of hydrogen-bond donors (Lipinski definition) is 1. The Kier molecular flexibility index (Phi) is 6.14. The Morgan fingerprint density at radius 3 is 2.50 bits per heavy atom. The lowest BCUT2D eigenvalue weighted by Gasteiger charge is -2.18. The summed E-state index contributed by atoms with van der Waals surface area (Å²) in [7, 11) is 0. The van der Waals surface area contributed by atoms with E-state index in [0.29, 0.717) is 13.0 Å². The third-order valence-electron chi connectivity index (χ3n) is 4.42. The van der Waals surface area contributed by atoms with Gasteiger partial charge in [-0.15, -0.1) is 0 Å². The number of nitrogens with zero attached hydrogens (tertiary/aromatic N) is 3. The summed E-state index contributed by atoms with van der Waals surface area (Å²) in [6.07, 6.45) is 4.47. The third kappa shape index (κ3) is 5.02. The van der Waals surface area contributed by atoms with Crippen LogP contribution >= 0.6 is 0 Å². The van der Waals surface area contributed by atoms with Crippen molar-refractivity contribution in [2.75, 3.05) is 6.54 Å². The van der Waals surface area contributed by atoms with Gasteiger partial charge in [0, 0.05) is 25.4 Å². The summed E-state index contributed by atoms with van der Waals surface area (Å²) in [4.78, 5) is 16.4. The molecule has 0 aliphatic heterocycles. The number of hydrogen-bond acceptors (Lipinski definition) is 3. The van der Waals surface area contributed by atoms with Gasteiger partial charge in [-0.05, 0) is 24.5 Å². The molecule has 0 saturated heterocycles. The highest BCUT2D eigenvalue weighted by molar-refractivity contribution is 5.77. The van der Waals surface area contributed by atoms with Crippen LogP contribution in [0.2, 0.25) is 0 Å². The SMILES string of the molecule is Cc1ccc(C(CC(=O)NCCCn2cncn2)c2ccccc2)cc1. The van der Waals surface area contributed by atoms with E-state index in [9.17, 15) is 4.79 Å². The Balaban J connectivity index is 1.60. The largest absolute Gasteiger partial charge is 0.356 e. The molecule has 1 atom stereocenters. The lowest BCUT2D eigenvalue weighted by molar-refractivity contribution is -0.121. The van der Waals surface area contributed by atoms with E-state index in [-0.39, 0.29) is 11.8 Å². The van der Waals surface area contributed by atoms with E-state index < -0.39 is 0 Å². The Bertz CT molecular complexity index is 798. The van der Waals surface area contributed by atoms with Crippen LogP contribution in [-0.4, -0.2) is 27.2 Å². The predicted molar refractivity (Wildman–Crippen MR) is 102 cm³/mol. The maximum absolute atomic E-state index is 12.5. The van der Waals surface area contributed by atoms with Gasteiger partial charge in [-0.1, -0.05) is 60.2 Å². The molecule has 134 valence electrons. The van der Waals surface area contributed by atoms with Crippen LogP contribution in [0.1, 0.15) is 35.4 Å². The van der Waals surface area contributed by atoms with Crippen molar-refractivity contribution in [2.45, 2.75) is 32.2 Å². The molecule has 1 N–H and O–H groups in total. The summed E-state index contributed by atoms with van der Waals surface area (Å²) in [5.74, 6) is 0.130. The zero-order valence-electron chi connectivity index (χ0n) is 15.0. The highest BCUT2D eigenvalue weighted by Crippen LogP contribution is 2.28. The average Bonchev–Trinajstić information content (AvgIpc) is 3.18. The number of benzene rings is 2. The van der Waals surface area contributed by atoms with Gasteiger partial charge < -0.3 is 5.32 Å². The fourth-order valence-electron chi connectivity index (χ4n) is 2.99. The zero-order chi connectivity index (χ0) is 18.2. The summed E-state index contributed by atoms with van der Waals surface area (Å²) in [5.41, 5.74) is 3.55. The average molecular weight is 348 g/mol. The Labute approximate surface area is 154 Å². The fourth-order valence-corrected chi connectivity index (χ4v) is 2.99. The number of aromatic nitrogens is 3. The van der Waals surface area contributed by atoms with Crippen LogP contribution in [0.5, 0.6) is 0 Å². The normalized spacial score (nSPS) is 11.9. The molecule has 5 nitrogen and oxygen atoms in total. The van der Waals surface area contributed by atoms with Gasteiger partial charge in [0.05, 0.1) is 0 Å². The lowest BCUT2D eigenvalue weighted by Crippen LogP contribution is -2.27.